The molecule has 0 N–H and O–H groups in total. The average molecular weight is 611 g/mol. The van der Waals surface area contributed by atoms with E-state index in [0.717, 1.165) is 5.56 Å². The van der Waals surface area contributed by atoms with Crippen LogP contribution in [0, 0.1) is 29.1 Å². The van der Waals surface area contributed by atoms with Gasteiger partial charge in [0.05, 0.1) is 12.3 Å². The third kappa shape index (κ3) is 5.25. The fourth-order valence-corrected chi connectivity index (χ4v) is 8.16. The lowest BCUT2D eigenvalue weighted by molar-refractivity contribution is -0.167. The molecule has 4 aliphatic rings. The molecule has 1 saturated heterocycles. The van der Waals surface area contributed by atoms with Crippen LogP contribution in [0.5, 0.6) is 0 Å². The second-order valence-corrected chi connectivity index (χ2v) is 13.6. The maximum atomic E-state index is 14.4. The molecule has 2 saturated carbocycles. The summed E-state index contributed by atoms with van der Waals surface area (Å²) in [6.07, 6.45) is -1.68. The summed E-state index contributed by atoms with van der Waals surface area (Å²) >= 11 is 0. The molecule has 10 atom stereocenters. The SMILES string of the molecule is CC(=O)O[C@H]1[C@@H]2[C@H]([C@@H](OC(=O)Cc3ccccc3)[C@H](OC(C)=O)C(C)=C[C@@]34O[C@@]3(C[C@H](C)[C@@H]4OC(C)=O)C(=O)[C@H]1C)C2(C)C. The Kier molecular flexibility index (Phi) is 8.06. The number of hydrogen-bond donors (Lipinski definition) is 0. The topological polar surface area (TPSA) is 135 Å². The molecule has 3 aliphatic carbocycles. The molecule has 0 radical (unpaired) electrons. The van der Waals surface area contributed by atoms with Gasteiger partial charge in [-0.2, -0.15) is 0 Å². The first kappa shape index (κ1) is 31.9. The van der Waals surface area contributed by atoms with E-state index >= 15 is 0 Å². The lowest BCUT2D eigenvalue weighted by Gasteiger charge is -2.30. The number of carbonyl (C=O) groups excluding carboxylic acids is 5. The summed E-state index contributed by atoms with van der Waals surface area (Å²) in [5.41, 5.74) is -1.96. The first-order chi connectivity index (χ1) is 20.6. The Morgan fingerprint density at radius 1 is 0.864 bits per heavy atom. The van der Waals surface area contributed by atoms with E-state index in [1.807, 2.05) is 51.1 Å². The Labute approximate surface area is 257 Å². The number of hydrogen-bond acceptors (Lipinski definition) is 10. The van der Waals surface area contributed by atoms with Crippen LogP contribution in [0.25, 0.3) is 0 Å². The van der Waals surface area contributed by atoms with Crippen molar-refractivity contribution < 1.29 is 47.7 Å². The van der Waals surface area contributed by atoms with Gasteiger partial charge in [-0.05, 0) is 41.9 Å². The van der Waals surface area contributed by atoms with Crippen molar-refractivity contribution in [2.24, 2.45) is 29.1 Å². The van der Waals surface area contributed by atoms with E-state index in [-0.39, 0.29) is 24.5 Å². The summed E-state index contributed by atoms with van der Waals surface area (Å²) in [4.78, 5) is 65.1. The van der Waals surface area contributed by atoms with E-state index in [1.54, 1.807) is 19.9 Å². The van der Waals surface area contributed by atoms with Crippen LogP contribution in [-0.4, -0.2) is 65.3 Å². The van der Waals surface area contributed by atoms with E-state index in [0.29, 0.717) is 5.57 Å². The average Bonchev–Trinajstić information content (AvgIpc) is 3.72. The first-order valence-corrected chi connectivity index (χ1v) is 15.2. The monoisotopic (exact) mass is 610 g/mol. The molecule has 1 aromatic rings. The normalized spacial score (nSPS) is 38.4. The number of carbonyl (C=O) groups is 5. The van der Waals surface area contributed by atoms with Crippen LogP contribution in [0.4, 0.5) is 0 Å². The van der Waals surface area contributed by atoms with Gasteiger partial charge in [0.1, 0.15) is 18.3 Å². The van der Waals surface area contributed by atoms with Gasteiger partial charge in [-0.1, -0.05) is 58.0 Å². The molecule has 0 unspecified atom stereocenters. The lowest BCUT2D eigenvalue weighted by Crippen LogP contribution is -2.43. The van der Waals surface area contributed by atoms with Gasteiger partial charge in [-0.25, -0.2) is 0 Å². The van der Waals surface area contributed by atoms with Crippen molar-refractivity contribution >= 4 is 29.7 Å². The van der Waals surface area contributed by atoms with E-state index in [2.05, 4.69) is 0 Å². The smallest absolute Gasteiger partial charge is 0.310 e. The third-order valence-corrected chi connectivity index (χ3v) is 10.0. The molecule has 0 spiro atoms. The van der Waals surface area contributed by atoms with Crippen molar-refractivity contribution in [1.82, 2.24) is 0 Å². The molecule has 44 heavy (non-hydrogen) atoms. The number of fused-ring (bicyclic) bond motifs is 1. The van der Waals surface area contributed by atoms with Crippen molar-refractivity contribution in [3.63, 3.8) is 0 Å². The van der Waals surface area contributed by atoms with Gasteiger partial charge >= 0.3 is 23.9 Å². The highest BCUT2D eigenvalue weighted by atomic mass is 16.7. The van der Waals surface area contributed by atoms with E-state index < -0.39 is 82.7 Å². The maximum absolute atomic E-state index is 14.4. The molecule has 10 nitrogen and oxygen atoms in total. The third-order valence-electron chi connectivity index (χ3n) is 10.0. The molecule has 0 bridgehead atoms. The summed E-state index contributed by atoms with van der Waals surface area (Å²) in [5, 5.41) is 0. The second kappa shape index (κ2) is 11.1. The number of benzene rings is 1. The standard InChI is InChI=1S/C34H42O10/c1-17-15-34-31(42-22(6)37)18(2)16-33(34,44-34)30(39)19(3)28(41-21(5)36)25-26(32(25,7)8)29(27(17)40-20(4)35)43-24(38)14-23-12-10-9-11-13-23/h9-13,15,18-19,25-29,31H,14,16H2,1-8H3/t18-,19-,25-,26+,27+,28+,29+,31-,33-,34-/m0/s1. The van der Waals surface area contributed by atoms with Crippen molar-refractivity contribution in [2.45, 2.75) is 104 Å². The highest BCUT2D eigenvalue weighted by Gasteiger charge is 2.84. The van der Waals surface area contributed by atoms with E-state index in [4.69, 9.17) is 23.7 Å². The van der Waals surface area contributed by atoms with E-state index in [1.165, 1.54) is 20.8 Å². The highest BCUT2D eigenvalue weighted by molar-refractivity contribution is 5.96. The largest absolute Gasteiger partial charge is 0.461 e. The quantitative estimate of drug-likeness (QED) is 0.202. The molecule has 0 aromatic heterocycles. The Balaban J connectivity index is 1.65. The van der Waals surface area contributed by atoms with Gasteiger partial charge in [-0.15, -0.1) is 0 Å². The van der Waals surface area contributed by atoms with Crippen LogP contribution < -0.4 is 0 Å². The number of rotatable bonds is 6. The van der Waals surface area contributed by atoms with Crippen LogP contribution in [-0.2, 0) is 54.1 Å². The minimum atomic E-state index is -1.33. The van der Waals surface area contributed by atoms with Gasteiger partial charge in [-0.3, -0.25) is 24.0 Å². The Morgan fingerprint density at radius 3 is 2.05 bits per heavy atom. The fourth-order valence-electron chi connectivity index (χ4n) is 8.16. The Morgan fingerprint density at radius 2 is 1.45 bits per heavy atom. The lowest BCUT2D eigenvalue weighted by atomic mass is 9.80. The summed E-state index contributed by atoms with van der Waals surface area (Å²) in [5.74, 6) is -4.29. The molecule has 1 heterocycles. The summed E-state index contributed by atoms with van der Waals surface area (Å²) < 4.78 is 30.1. The predicted molar refractivity (Wildman–Crippen MR) is 156 cm³/mol. The number of esters is 4. The van der Waals surface area contributed by atoms with Crippen LogP contribution in [0.1, 0.15) is 67.4 Å². The molecule has 3 fully saturated rings. The molecular weight excluding hydrogens is 568 g/mol. The molecule has 1 aromatic carbocycles. The molecule has 5 rings (SSSR count). The number of ketones is 1. The van der Waals surface area contributed by atoms with Crippen LogP contribution in [0.3, 0.4) is 0 Å². The van der Waals surface area contributed by atoms with Crippen molar-refractivity contribution in [3.05, 3.63) is 47.5 Å². The van der Waals surface area contributed by atoms with Gasteiger partial charge in [0.2, 0.25) is 0 Å². The minimum absolute atomic E-state index is 0.00479. The van der Waals surface area contributed by atoms with E-state index in [9.17, 15) is 24.0 Å². The number of ether oxygens (including phenoxy) is 5. The Hall–Kier alpha value is -3.53. The zero-order chi connectivity index (χ0) is 32.4. The molecule has 10 heteroatoms. The molecule has 1 aliphatic heterocycles. The molecule has 0 amide bonds. The van der Waals surface area contributed by atoms with Crippen LogP contribution in [0.2, 0.25) is 0 Å². The molecular formula is C34H42O10. The minimum Gasteiger partial charge on any atom is -0.461 e. The summed E-state index contributed by atoms with van der Waals surface area (Å²) in [6, 6.07) is 9.15. The second-order valence-electron chi connectivity index (χ2n) is 13.6. The maximum Gasteiger partial charge on any atom is 0.310 e. The summed E-state index contributed by atoms with van der Waals surface area (Å²) in [6.45, 7) is 13.2. The predicted octanol–water partition coefficient (Wildman–Crippen LogP) is 3.92. The van der Waals surface area contributed by atoms with Gasteiger partial charge in [0.15, 0.2) is 23.1 Å². The van der Waals surface area contributed by atoms with Crippen molar-refractivity contribution in [3.8, 4) is 0 Å². The van der Waals surface area contributed by atoms with Crippen LogP contribution in [0.15, 0.2) is 42.0 Å². The molecule has 238 valence electrons. The van der Waals surface area contributed by atoms with Gasteiger partial charge < -0.3 is 23.7 Å². The number of Topliss-reactive ketones (excluding diaryl/α,β-unsaturated/α-hetero) is 1. The fraction of sp³-hybridized carbons (Fsp3) is 0.618. The van der Waals surface area contributed by atoms with Crippen molar-refractivity contribution in [2.75, 3.05) is 0 Å². The van der Waals surface area contributed by atoms with Crippen LogP contribution >= 0.6 is 0 Å². The zero-order valence-corrected chi connectivity index (χ0v) is 26.6. The Bertz CT molecular complexity index is 1400. The summed E-state index contributed by atoms with van der Waals surface area (Å²) in [7, 11) is 0. The zero-order valence-electron chi connectivity index (χ0n) is 26.6. The highest BCUT2D eigenvalue weighted by Crippen LogP contribution is 2.68. The van der Waals surface area contributed by atoms with Gasteiger partial charge in [0, 0.05) is 32.6 Å². The van der Waals surface area contributed by atoms with Gasteiger partial charge in [0.25, 0.3) is 0 Å². The first-order valence-electron chi connectivity index (χ1n) is 15.2. The number of epoxide rings is 1. The van der Waals surface area contributed by atoms with Crippen molar-refractivity contribution in [1.29, 1.82) is 0 Å².